The molecular formula is C22H17F2N3O6S. The van der Waals surface area contributed by atoms with Crippen molar-refractivity contribution in [2.45, 2.75) is 29.1 Å². The number of benzene rings is 2. The summed E-state index contributed by atoms with van der Waals surface area (Å²) in [5.74, 6) is -4.54. The lowest BCUT2D eigenvalue weighted by Crippen LogP contribution is -2.26. The number of hydrogen-bond donors (Lipinski definition) is 2. The van der Waals surface area contributed by atoms with Crippen LogP contribution in [0.5, 0.6) is 5.75 Å². The van der Waals surface area contributed by atoms with Crippen LogP contribution in [-0.4, -0.2) is 40.6 Å². The van der Waals surface area contributed by atoms with Crippen molar-refractivity contribution >= 4 is 27.5 Å². The predicted molar refractivity (Wildman–Crippen MR) is 114 cm³/mol. The smallest absolute Gasteiger partial charge is 0.356 e. The number of amides is 1. The molecule has 0 bridgehead atoms. The van der Waals surface area contributed by atoms with Gasteiger partial charge in [0.05, 0.1) is 22.5 Å². The minimum atomic E-state index is -3.47. The summed E-state index contributed by atoms with van der Waals surface area (Å²) < 4.78 is 57.9. The van der Waals surface area contributed by atoms with Crippen LogP contribution in [0, 0.1) is 11.6 Å². The van der Waals surface area contributed by atoms with Gasteiger partial charge in [-0.3, -0.25) is 4.79 Å². The Balaban J connectivity index is 1.63. The van der Waals surface area contributed by atoms with Crippen molar-refractivity contribution in [2.75, 3.05) is 5.32 Å². The average molecular weight is 489 g/mol. The second-order valence-electron chi connectivity index (χ2n) is 7.47. The molecule has 12 heteroatoms. The summed E-state index contributed by atoms with van der Waals surface area (Å²) in [6.45, 7) is 0. The zero-order chi connectivity index (χ0) is 24.5. The monoisotopic (exact) mass is 489 g/mol. The molecule has 0 saturated heterocycles. The number of carbonyl (C=O) groups is 2. The molecule has 1 aliphatic rings. The molecule has 1 aromatic heterocycles. The summed E-state index contributed by atoms with van der Waals surface area (Å²) in [5, 5.41) is 10.9. The number of halogens is 2. The van der Waals surface area contributed by atoms with E-state index in [1.807, 2.05) is 0 Å². The van der Waals surface area contributed by atoms with Crippen LogP contribution in [0.15, 0.2) is 59.8 Å². The van der Waals surface area contributed by atoms with E-state index < -0.39 is 50.5 Å². The molecular weight excluding hydrogens is 472 g/mol. The number of aromatic carboxylic acids is 1. The molecule has 34 heavy (non-hydrogen) atoms. The zero-order valence-electron chi connectivity index (χ0n) is 17.3. The molecule has 0 aliphatic heterocycles. The highest BCUT2D eigenvalue weighted by atomic mass is 32.2. The normalized spacial score (nSPS) is 14.3. The number of carboxylic acids is 1. The van der Waals surface area contributed by atoms with Gasteiger partial charge in [-0.05, 0) is 37.1 Å². The molecule has 2 aromatic carbocycles. The third-order valence-electron chi connectivity index (χ3n) is 4.97. The fourth-order valence-corrected chi connectivity index (χ4v) is 4.73. The summed E-state index contributed by atoms with van der Waals surface area (Å²) in [5.41, 5.74) is -0.155. The number of carboxylic acid groups (broad SMARTS) is 1. The maximum absolute atomic E-state index is 14.2. The lowest BCUT2D eigenvalue weighted by atomic mass is 10.1. The quantitative estimate of drug-likeness (QED) is 0.493. The largest absolute Gasteiger partial charge is 0.476 e. The van der Waals surface area contributed by atoms with E-state index in [1.54, 1.807) is 0 Å². The molecule has 1 heterocycles. The van der Waals surface area contributed by atoms with E-state index in [4.69, 9.17) is 9.84 Å². The van der Waals surface area contributed by atoms with Crippen LogP contribution in [0.25, 0.3) is 0 Å². The van der Waals surface area contributed by atoms with E-state index in [2.05, 4.69) is 15.3 Å². The zero-order valence-corrected chi connectivity index (χ0v) is 18.1. The van der Waals surface area contributed by atoms with Gasteiger partial charge in [-0.2, -0.15) is 0 Å². The van der Waals surface area contributed by atoms with Gasteiger partial charge in [-0.1, -0.05) is 12.1 Å². The highest BCUT2D eigenvalue weighted by Crippen LogP contribution is 2.34. The highest BCUT2D eigenvalue weighted by molar-refractivity contribution is 7.92. The Kier molecular flexibility index (Phi) is 6.24. The van der Waals surface area contributed by atoms with E-state index in [1.165, 1.54) is 24.3 Å². The van der Waals surface area contributed by atoms with Crippen molar-refractivity contribution in [1.82, 2.24) is 9.97 Å². The van der Waals surface area contributed by atoms with Crippen LogP contribution in [0.2, 0.25) is 0 Å². The number of rotatable bonds is 8. The number of nitrogens with zero attached hydrogens (tertiary/aromatic N) is 2. The number of anilines is 1. The van der Waals surface area contributed by atoms with E-state index in [0.717, 1.165) is 24.5 Å². The van der Waals surface area contributed by atoms with Gasteiger partial charge in [0, 0.05) is 11.6 Å². The molecule has 1 amide bonds. The van der Waals surface area contributed by atoms with E-state index in [0.29, 0.717) is 18.9 Å². The molecule has 1 saturated carbocycles. The number of hydrogen-bond acceptors (Lipinski definition) is 7. The van der Waals surface area contributed by atoms with Crippen molar-refractivity contribution < 1.29 is 36.6 Å². The fraction of sp³-hybridized carbons (Fsp3) is 0.182. The molecule has 3 aromatic rings. The number of ether oxygens (including phenoxy) is 1. The van der Waals surface area contributed by atoms with Crippen LogP contribution >= 0.6 is 0 Å². The Labute approximate surface area is 192 Å². The van der Waals surface area contributed by atoms with E-state index >= 15 is 0 Å². The first kappa shape index (κ1) is 23.2. The maximum Gasteiger partial charge on any atom is 0.356 e. The molecule has 1 unspecified atom stereocenters. The molecule has 176 valence electrons. The van der Waals surface area contributed by atoms with Gasteiger partial charge >= 0.3 is 5.97 Å². The number of sulfone groups is 1. The third kappa shape index (κ3) is 5.01. The molecule has 2 N–H and O–H groups in total. The summed E-state index contributed by atoms with van der Waals surface area (Å²) in [4.78, 5) is 31.4. The van der Waals surface area contributed by atoms with Gasteiger partial charge in [0.25, 0.3) is 5.91 Å². The fourth-order valence-electron chi connectivity index (χ4n) is 3.07. The van der Waals surface area contributed by atoms with Crippen LogP contribution in [-0.2, 0) is 14.6 Å². The first-order chi connectivity index (χ1) is 16.1. The second kappa shape index (κ2) is 9.14. The Morgan fingerprint density at radius 3 is 2.32 bits per heavy atom. The Hall–Kier alpha value is -3.93. The third-order valence-corrected chi connectivity index (χ3v) is 7.25. The van der Waals surface area contributed by atoms with Gasteiger partial charge in [-0.25, -0.2) is 32.0 Å². The molecule has 0 radical (unpaired) electrons. The van der Waals surface area contributed by atoms with Gasteiger partial charge < -0.3 is 15.2 Å². The first-order valence-corrected chi connectivity index (χ1v) is 11.5. The molecule has 0 spiro atoms. The van der Waals surface area contributed by atoms with Crippen molar-refractivity contribution in [3.05, 3.63) is 77.8 Å². The van der Waals surface area contributed by atoms with Crippen molar-refractivity contribution in [3.63, 3.8) is 0 Å². The lowest BCUT2D eigenvalue weighted by molar-refractivity contribution is -0.123. The number of nitrogens with one attached hydrogen (secondary N) is 1. The second-order valence-corrected chi connectivity index (χ2v) is 9.70. The van der Waals surface area contributed by atoms with Crippen molar-refractivity contribution in [2.24, 2.45) is 0 Å². The van der Waals surface area contributed by atoms with Crippen LogP contribution in [0.3, 0.4) is 0 Å². The highest BCUT2D eigenvalue weighted by Gasteiger charge is 2.37. The van der Waals surface area contributed by atoms with Gasteiger partial charge in [0.1, 0.15) is 5.82 Å². The molecule has 9 nitrogen and oxygen atoms in total. The Bertz CT molecular complexity index is 1340. The van der Waals surface area contributed by atoms with E-state index in [9.17, 15) is 26.8 Å². The Morgan fingerprint density at radius 2 is 1.76 bits per heavy atom. The summed E-state index contributed by atoms with van der Waals surface area (Å²) in [6.07, 6.45) is 1.64. The van der Waals surface area contributed by atoms with Gasteiger partial charge in [-0.15, -0.1) is 0 Å². The van der Waals surface area contributed by atoms with Crippen molar-refractivity contribution in [3.8, 4) is 5.75 Å². The predicted octanol–water partition coefficient (Wildman–Crippen LogP) is 3.15. The standard InChI is InChI=1S/C22H17F2N3O6S/c23-13-3-8-18(16(24)9-13)33-20(21(28)27-19-11-25-17(10-26-19)22(29)30)12-1-4-14(5-2-12)34(31,32)15-6-7-15/h1-5,8-11,15,20H,6-7H2,(H,29,30)(H,26,27,28). The molecule has 1 fully saturated rings. The molecule has 4 rings (SSSR count). The van der Waals surface area contributed by atoms with Gasteiger partial charge in [0.2, 0.25) is 6.10 Å². The summed E-state index contributed by atoms with van der Waals surface area (Å²) in [6, 6.07) is 7.93. The number of carbonyl (C=O) groups excluding carboxylic acids is 1. The SMILES string of the molecule is O=C(O)c1cnc(NC(=O)C(Oc2ccc(F)cc2F)c2ccc(S(=O)(=O)C3CC3)cc2)cn1. The molecule has 1 atom stereocenters. The lowest BCUT2D eigenvalue weighted by Gasteiger charge is -2.19. The minimum absolute atomic E-state index is 0.0843. The minimum Gasteiger partial charge on any atom is -0.476 e. The summed E-state index contributed by atoms with van der Waals surface area (Å²) >= 11 is 0. The average Bonchev–Trinajstić information content (AvgIpc) is 3.65. The van der Waals surface area contributed by atoms with Crippen molar-refractivity contribution in [1.29, 1.82) is 0 Å². The topological polar surface area (TPSA) is 136 Å². The van der Waals surface area contributed by atoms with Crippen LogP contribution < -0.4 is 10.1 Å². The maximum atomic E-state index is 14.2. The molecule has 1 aliphatic carbocycles. The van der Waals surface area contributed by atoms with Crippen LogP contribution in [0.1, 0.15) is 35.0 Å². The van der Waals surface area contributed by atoms with Crippen LogP contribution in [0.4, 0.5) is 14.6 Å². The first-order valence-electron chi connectivity index (χ1n) is 9.97. The Morgan fingerprint density at radius 1 is 1.06 bits per heavy atom. The van der Waals surface area contributed by atoms with E-state index in [-0.39, 0.29) is 22.0 Å². The number of aromatic nitrogens is 2. The van der Waals surface area contributed by atoms with Gasteiger partial charge in [0.15, 0.2) is 32.9 Å². The summed E-state index contributed by atoms with van der Waals surface area (Å²) in [7, 11) is -3.47.